The first-order chi connectivity index (χ1) is 12.6. The summed E-state index contributed by atoms with van der Waals surface area (Å²) in [5, 5.41) is 18.7. The van der Waals surface area contributed by atoms with Crippen LogP contribution < -0.4 is 15.6 Å². The molecule has 0 bridgehead atoms. The van der Waals surface area contributed by atoms with Gasteiger partial charge in [-0.05, 0) is 18.6 Å². The molecule has 0 unspecified atom stereocenters. The molecule has 0 spiro atoms. The van der Waals surface area contributed by atoms with Gasteiger partial charge in [0.15, 0.2) is 5.11 Å². The smallest absolute Gasteiger partial charge is 0.273 e. The third kappa shape index (κ3) is 6.66. The molecule has 1 aromatic carbocycles. The molecule has 1 aromatic rings. The van der Waals surface area contributed by atoms with E-state index in [1.165, 1.54) is 12.3 Å². The molecule has 0 radical (unpaired) electrons. The van der Waals surface area contributed by atoms with Crippen LogP contribution in [0.25, 0.3) is 0 Å². The Kier molecular flexibility index (Phi) is 8.39. The minimum absolute atomic E-state index is 0.114. The highest BCUT2D eigenvalue weighted by atomic mass is 32.1. The Labute approximate surface area is 158 Å². The molecule has 142 valence electrons. The predicted molar refractivity (Wildman–Crippen MR) is 105 cm³/mol. The lowest BCUT2D eigenvalue weighted by molar-refractivity contribution is -0.908. The van der Waals surface area contributed by atoms with Gasteiger partial charge in [-0.15, -0.1) is 0 Å². The van der Waals surface area contributed by atoms with Gasteiger partial charge >= 0.3 is 0 Å². The van der Waals surface area contributed by atoms with Gasteiger partial charge in [0.25, 0.3) is 5.69 Å². The number of morpholine rings is 1. The molecule has 0 aliphatic carbocycles. The molecule has 1 aliphatic heterocycles. The summed E-state index contributed by atoms with van der Waals surface area (Å²) in [6, 6.07) is 5.08. The van der Waals surface area contributed by atoms with Crippen molar-refractivity contribution < 1.29 is 14.6 Å². The molecule has 0 aromatic heterocycles. The lowest BCUT2D eigenvalue weighted by atomic mass is 10.1. The molecule has 1 saturated heterocycles. The van der Waals surface area contributed by atoms with Crippen LogP contribution >= 0.6 is 12.2 Å². The van der Waals surface area contributed by atoms with Gasteiger partial charge in [0.2, 0.25) is 0 Å². The molecule has 2 rings (SSSR count). The average molecular weight is 380 g/mol. The molecule has 8 nitrogen and oxygen atoms in total. The molecule has 9 heteroatoms. The number of hydrogen-bond acceptors (Lipinski definition) is 5. The lowest BCUT2D eigenvalue weighted by Gasteiger charge is -2.23. The molecule has 0 saturated carbocycles. The van der Waals surface area contributed by atoms with Crippen LogP contribution in [0.15, 0.2) is 23.3 Å². The molecular weight excluding hydrogens is 354 g/mol. The Morgan fingerprint density at radius 1 is 1.46 bits per heavy atom. The van der Waals surface area contributed by atoms with Crippen molar-refractivity contribution in [3.8, 4) is 0 Å². The molecule has 1 aliphatic rings. The standard InChI is InChI=1S/C17H25N5O3S/c1-2-15-5-4-14(12-16(15)22(23)24)13-19-20-17(26)18-6-3-7-21-8-10-25-11-9-21/h4-5,12-13H,2-3,6-11H2,1H3,(H2,18,20,26)/p+1/b19-13-. The fourth-order valence-corrected chi connectivity index (χ4v) is 2.94. The van der Waals surface area contributed by atoms with Crippen molar-refractivity contribution in [3.63, 3.8) is 0 Å². The van der Waals surface area contributed by atoms with Crippen molar-refractivity contribution in [1.82, 2.24) is 10.7 Å². The maximum atomic E-state index is 11.1. The number of thiocarbonyl (C=S) groups is 1. The minimum Gasteiger partial charge on any atom is -0.370 e. The summed E-state index contributed by atoms with van der Waals surface area (Å²) in [5.41, 5.74) is 4.21. The molecule has 0 atom stereocenters. The molecule has 0 amide bonds. The van der Waals surface area contributed by atoms with E-state index in [4.69, 9.17) is 17.0 Å². The Morgan fingerprint density at radius 3 is 2.92 bits per heavy atom. The highest BCUT2D eigenvalue weighted by Gasteiger charge is 2.13. The van der Waals surface area contributed by atoms with E-state index in [1.807, 2.05) is 6.92 Å². The van der Waals surface area contributed by atoms with Gasteiger partial charge in [-0.25, -0.2) is 0 Å². The fourth-order valence-electron chi connectivity index (χ4n) is 2.79. The highest BCUT2D eigenvalue weighted by Crippen LogP contribution is 2.19. The van der Waals surface area contributed by atoms with Crippen LogP contribution in [0.4, 0.5) is 5.69 Å². The third-order valence-electron chi connectivity index (χ3n) is 4.26. The van der Waals surface area contributed by atoms with Crippen LogP contribution in [0.5, 0.6) is 0 Å². The number of nitrogens with one attached hydrogen (secondary N) is 3. The largest absolute Gasteiger partial charge is 0.370 e. The summed E-state index contributed by atoms with van der Waals surface area (Å²) >= 11 is 5.18. The lowest BCUT2D eigenvalue weighted by Crippen LogP contribution is -3.14. The zero-order chi connectivity index (χ0) is 18.8. The second kappa shape index (κ2) is 10.8. The number of hydrogen-bond donors (Lipinski definition) is 3. The van der Waals surface area contributed by atoms with Crippen molar-refractivity contribution in [1.29, 1.82) is 0 Å². The van der Waals surface area contributed by atoms with Crippen molar-refractivity contribution in [2.45, 2.75) is 19.8 Å². The first kappa shape index (κ1) is 20.2. The summed E-state index contributed by atoms with van der Waals surface area (Å²) in [4.78, 5) is 12.3. The first-order valence-corrected chi connectivity index (χ1v) is 9.26. The van der Waals surface area contributed by atoms with Gasteiger partial charge in [-0.2, -0.15) is 5.10 Å². The molecule has 1 heterocycles. The number of nitrogens with zero attached hydrogens (tertiary/aromatic N) is 2. The molecular formula is C17H26N5O3S+. The summed E-state index contributed by atoms with van der Waals surface area (Å²) in [7, 11) is 0. The molecule has 3 N–H and O–H groups in total. The Morgan fingerprint density at radius 2 is 2.23 bits per heavy atom. The number of benzene rings is 1. The van der Waals surface area contributed by atoms with Crippen molar-refractivity contribution in [3.05, 3.63) is 39.4 Å². The monoisotopic (exact) mass is 380 g/mol. The van der Waals surface area contributed by atoms with E-state index in [0.29, 0.717) is 22.7 Å². The summed E-state index contributed by atoms with van der Waals surface area (Å²) in [6.07, 6.45) is 3.16. The van der Waals surface area contributed by atoms with Gasteiger partial charge in [-0.3, -0.25) is 15.5 Å². The van der Waals surface area contributed by atoms with Crippen molar-refractivity contribution in [2.75, 3.05) is 39.4 Å². The van der Waals surface area contributed by atoms with Crippen molar-refractivity contribution in [2.24, 2.45) is 5.10 Å². The Hall–Kier alpha value is -2.10. The SMILES string of the molecule is CCc1ccc(/C=N\NC(=S)NCCC[NH+]2CCOCC2)cc1[N+](=O)[O-]. The van der Waals surface area contributed by atoms with Gasteiger partial charge < -0.3 is 15.0 Å². The maximum absolute atomic E-state index is 11.1. The van der Waals surface area contributed by atoms with Gasteiger partial charge in [0.05, 0.1) is 30.9 Å². The molecule has 1 fully saturated rings. The van der Waals surface area contributed by atoms with E-state index in [2.05, 4.69) is 15.8 Å². The number of rotatable bonds is 8. The van der Waals surface area contributed by atoms with Crippen LogP contribution in [0, 0.1) is 10.1 Å². The highest BCUT2D eigenvalue weighted by molar-refractivity contribution is 7.80. The zero-order valence-electron chi connectivity index (χ0n) is 15.0. The van der Waals surface area contributed by atoms with Gasteiger partial charge in [-0.1, -0.05) is 19.1 Å². The zero-order valence-corrected chi connectivity index (χ0v) is 15.8. The van der Waals surface area contributed by atoms with E-state index < -0.39 is 0 Å². The number of hydrazone groups is 1. The van der Waals surface area contributed by atoms with Crippen LogP contribution in [0.2, 0.25) is 0 Å². The second-order valence-corrected chi connectivity index (χ2v) is 6.50. The average Bonchev–Trinajstić information content (AvgIpc) is 2.66. The maximum Gasteiger partial charge on any atom is 0.273 e. The topological polar surface area (TPSA) is 93.2 Å². The Balaban J connectivity index is 1.71. The Bertz CT molecular complexity index is 647. The number of aryl methyl sites for hydroxylation is 1. The number of ether oxygens (including phenoxy) is 1. The van der Waals surface area contributed by atoms with Crippen molar-refractivity contribution >= 4 is 29.2 Å². The van der Waals surface area contributed by atoms with E-state index in [-0.39, 0.29) is 10.6 Å². The summed E-state index contributed by atoms with van der Waals surface area (Å²) in [5.74, 6) is 0. The molecule has 26 heavy (non-hydrogen) atoms. The van der Waals surface area contributed by atoms with Crippen LogP contribution in [-0.4, -0.2) is 55.6 Å². The van der Waals surface area contributed by atoms with Gasteiger partial charge in [0.1, 0.15) is 13.1 Å². The fraction of sp³-hybridized carbons (Fsp3) is 0.529. The number of nitro groups is 1. The number of nitro benzene ring substituents is 1. The van der Waals surface area contributed by atoms with Crippen LogP contribution in [0.3, 0.4) is 0 Å². The van der Waals surface area contributed by atoms with Gasteiger partial charge in [0, 0.05) is 30.2 Å². The first-order valence-electron chi connectivity index (χ1n) is 8.85. The van der Waals surface area contributed by atoms with E-state index in [1.54, 1.807) is 17.0 Å². The third-order valence-corrected chi connectivity index (χ3v) is 4.49. The normalized spacial score (nSPS) is 15.1. The summed E-state index contributed by atoms with van der Waals surface area (Å²) < 4.78 is 5.34. The van der Waals surface area contributed by atoms with E-state index >= 15 is 0 Å². The van der Waals surface area contributed by atoms with Crippen LogP contribution in [-0.2, 0) is 11.2 Å². The quantitative estimate of drug-likeness (QED) is 0.197. The number of quaternary nitrogens is 1. The second-order valence-electron chi connectivity index (χ2n) is 6.09. The van der Waals surface area contributed by atoms with E-state index in [9.17, 15) is 10.1 Å². The minimum atomic E-state index is -0.369. The predicted octanol–water partition coefficient (Wildman–Crippen LogP) is 0.260. The summed E-state index contributed by atoms with van der Waals surface area (Å²) in [6.45, 7) is 7.58. The van der Waals surface area contributed by atoms with E-state index in [0.717, 1.165) is 45.8 Å². The van der Waals surface area contributed by atoms with Crippen LogP contribution in [0.1, 0.15) is 24.5 Å².